The summed E-state index contributed by atoms with van der Waals surface area (Å²) in [5, 5.41) is 12.1. The van der Waals surface area contributed by atoms with Gasteiger partial charge in [-0.3, -0.25) is 4.79 Å². The molecular formula is C15H19F3N4O3. The molecule has 1 aliphatic heterocycles. The highest BCUT2D eigenvalue weighted by molar-refractivity contribution is 5.80. The van der Waals surface area contributed by atoms with Crippen molar-refractivity contribution in [3.05, 3.63) is 18.2 Å². The van der Waals surface area contributed by atoms with Crippen molar-refractivity contribution >= 4 is 12.0 Å². The number of hydrogen-bond donors (Lipinski definition) is 2. The molecule has 25 heavy (non-hydrogen) atoms. The van der Waals surface area contributed by atoms with Crippen molar-refractivity contribution in [3.8, 4) is 0 Å². The maximum absolute atomic E-state index is 12.5. The van der Waals surface area contributed by atoms with Gasteiger partial charge >= 0.3 is 18.2 Å². The first-order valence-electron chi connectivity index (χ1n) is 8.04. The van der Waals surface area contributed by atoms with Crippen LogP contribution in [-0.2, 0) is 17.9 Å². The lowest BCUT2D eigenvalue weighted by atomic mass is 9.81. The number of carboxylic acids is 1. The number of aromatic nitrogens is 2. The van der Waals surface area contributed by atoms with Crippen LogP contribution in [0.2, 0.25) is 0 Å². The minimum absolute atomic E-state index is 0.0667. The smallest absolute Gasteiger partial charge is 0.406 e. The number of likely N-dealkylation sites (tertiary alicyclic amines) is 1. The van der Waals surface area contributed by atoms with E-state index in [0.29, 0.717) is 13.0 Å². The Labute approximate surface area is 141 Å². The summed E-state index contributed by atoms with van der Waals surface area (Å²) in [5.74, 6) is -0.855. The normalized spacial score (nSPS) is 25.9. The number of rotatable bonds is 4. The molecule has 1 saturated carbocycles. The monoisotopic (exact) mass is 360 g/mol. The van der Waals surface area contributed by atoms with Crippen LogP contribution in [-0.4, -0.2) is 50.8 Å². The predicted molar refractivity (Wildman–Crippen MR) is 79.5 cm³/mol. The molecule has 0 unspecified atom stereocenters. The lowest BCUT2D eigenvalue weighted by molar-refractivity contribution is -0.149. The first-order valence-corrected chi connectivity index (χ1v) is 8.04. The molecule has 1 aromatic rings. The van der Waals surface area contributed by atoms with E-state index in [9.17, 15) is 27.9 Å². The van der Waals surface area contributed by atoms with Crippen LogP contribution in [0, 0.1) is 11.3 Å². The molecule has 2 amide bonds. The number of carbonyl (C=O) groups excluding carboxylic acids is 1. The molecule has 2 aliphatic rings. The van der Waals surface area contributed by atoms with E-state index < -0.39 is 30.1 Å². The summed E-state index contributed by atoms with van der Waals surface area (Å²) in [5.41, 5.74) is -0.883. The van der Waals surface area contributed by atoms with Crippen molar-refractivity contribution in [2.45, 2.75) is 38.5 Å². The first kappa shape index (κ1) is 17.6. The van der Waals surface area contributed by atoms with Crippen LogP contribution in [0.25, 0.3) is 0 Å². The Balaban J connectivity index is 1.60. The Kier molecular flexibility index (Phi) is 4.38. The molecule has 0 aromatic carbocycles. The molecule has 1 aromatic heterocycles. The molecule has 7 nitrogen and oxygen atoms in total. The van der Waals surface area contributed by atoms with Crippen LogP contribution in [0.1, 0.15) is 25.1 Å². The van der Waals surface area contributed by atoms with Crippen molar-refractivity contribution in [2.24, 2.45) is 11.3 Å². The van der Waals surface area contributed by atoms with Gasteiger partial charge in [-0.2, -0.15) is 13.2 Å². The molecule has 2 fully saturated rings. The van der Waals surface area contributed by atoms with Crippen LogP contribution < -0.4 is 5.32 Å². The molecule has 2 heterocycles. The van der Waals surface area contributed by atoms with Crippen molar-refractivity contribution < 1.29 is 27.9 Å². The molecule has 0 spiro atoms. The van der Waals surface area contributed by atoms with Gasteiger partial charge in [0.2, 0.25) is 0 Å². The fraction of sp³-hybridized carbons (Fsp3) is 0.667. The number of nitrogens with one attached hydrogen (secondary N) is 1. The summed E-state index contributed by atoms with van der Waals surface area (Å²) in [6, 6.07) is -0.475. The fourth-order valence-corrected chi connectivity index (χ4v) is 3.90. The van der Waals surface area contributed by atoms with Crippen LogP contribution in [0.3, 0.4) is 0 Å². The van der Waals surface area contributed by atoms with Crippen molar-refractivity contribution in [1.82, 2.24) is 19.8 Å². The second-order valence-corrected chi connectivity index (χ2v) is 6.68. The van der Waals surface area contributed by atoms with Crippen molar-refractivity contribution in [2.75, 3.05) is 13.1 Å². The Morgan fingerprint density at radius 1 is 1.44 bits per heavy atom. The SMILES string of the molecule is O=C(NCc1nccn1CC(F)(F)F)N1C[C@@H]2CCC[C@@]2(C(=O)O)C1. The third-order valence-corrected chi connectivity index (χ3v) is 5.13. The third kappa shape index (κ3) is 3.42. The van der Waals surface area contributed by atoms with E-state index in [0.717, 1.165) is 17.4 Å². The van der Waals surface area contributed by atoms with E-state index in [4.69, 9.17) is 0 Å². The number of aliphatic carboxylic acids is 1. The number of fused-ring (bicyclic) bond motifs is 1. The summed E-state index contributed by atoms with van der Waals surface area (Å²) in [4.78, 5) is 29.2. The standard InChI is InChI=1S/C15H19F3N4O3/c16-15(17,18)9-21-5-4-19-11(21)6-20-13(25)22-7-10-2-1-3-14(10,8-22)12(23)24/h4-5,10H,1-3,6-9H2,(H,20,25)(H,23,24)/t10-,14+/m0/s1. The summed E-state index contributed by atoms with van der Waals surface area (Å²) < 4.78 is 38.4. The zero-order chi connectivity index (χ0) is 18.2. The predicted octanol–water partition coefficient (Wildman–Crippen LogP) is 1.84. The number of urea groups is 1. The molecule has 1 aliphatic carbocycles. The zero-order valence-corrected chi connectivity index (χ0v) is 13.4. The number of amides is 2. The number of imidazole rings is 1. The van der Waals surface area contributed by atoms with Gasteiger partial charge in [-0.1, -0.05) is 6.42 Å². The number of halogens is 3. The van der Waals surface area contributed by atoms with Gasteiger partial charge in [-0.15, -0.1) is 0 Å². The Hall–Kier alpha value is -2.26. The van der Waals surface area contributed by atoms with E-state index in [1.165, 1.54) is 17.3 Å². The van der Waals surface area contributed by atoms with E-state index in [-0.39, 0.29) is 24.8 Å². The van der Waals surface area contributed by atoms with E-state index >= 15 is 0 Å². The molecule has 2 atom stereocenters. The van der Waals surface area contributed by atoms with Gasteiger partial charge in [0.25, 0.3) is 0 Å². The van der Waals surface area contributed by atoms with Gasteiger partial charge in [0.1, 0.15) is 12.4 Å². The van der Waals surface area contributed by atoms with Gasteiger partial charge < -0.3 is 19.9 Å². The highest BCUT2D eigenvalue weighted by atomic mass is 19.4. The third-order valence-electron chi connectivity index (χ3n) is 5.13. The average molecular weight is 360 g/mol. The zero-order valence-electron chi connectivity index (χ0n) is 13.4. The second-order valence-electron chi connectivity index (χ2n) is 6.68. The van der Waals surface area contributed by atoms with Gasteiger partial charge in [0.05, 0.1) is 12.0 Å². The number of hydrogen-bond acceptors (Lipinski definition) is 3. The Bertz CT molecular complexity index is 675. The van der Waals surface area contributed by atoms with Crippen molar-refractivity contribution in [1.29, 1.82) is 0 Å². The quantitative estimate of drug-likeness (QED) is 0.858. The Morgan fingerprint density at radius 2 is 2.20 bits per heavy atom. The minimum atomic E-state index is -4.38. The molecule has 2 N–H and O–H groups in total. The van der Waals surface area contributed by atoms with E-state index in [1.807, 2.05) is 0 Å². The van der Waals surface area contributed by atoms with Crippen LogP contribution in [0.4, 0.5) is 18.0 Å². The number of nitrogens with zero attached hydrogens (tertiary/aromatic N) is 3. The van der Waals surface area contributed by atoms with Gasteiger partial charge in [0.15, 0.2) is 0 Å². The molecule has 138 valence electrons. The summed E-state index contributed by atoms with van der Waals surface area (Å²) in [7, 11) is 0. The largest absolute Gasteiger partial charge is 0.481 e. The first-order chi connectivity index (χ1) is 11.7. The summed E-state index contributed by atoms with van der Waals surface area (Å²) >= 11 is 0. The number of alkyl halides is 3. The van der Waals surface area contributed by atoms with Gasteiger partial charge in [0, 0.05) is 25.5 Å². The number of carboxylic acid groups (broad SMARTS) is 1. The lowest BCUT2D eigenvalue weighted by Crippen LogP contribution is -2.41. The Morgan fingerprint density at radius 3 is 2.84 bits per heavy atom. The topological polar surface area (TPSA) is 87.5 Å². The molecule has 10 heteroatoms. The minimum Gasteiger partial charge on any atom is -0.481 e. The summed E-state index contributed by atoms with van der Waals surface area (Å²) in [6.07, 6.45) is 0.224. The summed E-state index contributed by atoms with van der Waals surface area (Å²) in [6.45, 7) is -0.833. The molecule has 3 rings (SSSR count). The highest BCUT2D eigenvalue weighted by Crippen LogP contribution is 2.48. The fourth-order valence-electron chi connectivity index (χ4n) is 3.90. The van der Waals surface area contributed by atoms with Crippen molar-refractivity contribution in [3.63, 3.8) is 0 Å². The maximum atomic E-state index is 12.5. The van der Waals surface area contributed by atoms with E-state index in [1.54, 1.807) is 0 Å². The molecular weight excluding hydrogens is 341 g/mol. The average Bonchev–Trinajstić information content (AvgIpc) is 3.16. The number of carbonyl (C=O) groups is 2. The second kappa shape index (κ2) is 6.23. The molecule has 1 saturated heterocycles. The van der Waals surface area contributed by atoms with Crippen LogP contribution in [0.5, 0.6) is 0 Å². The molecule has 0 radical (unpaired) electrons. The maximum Gasteiger partial charge on any atom is 0.406 e. The van der Waals surface area contributed by atoms with Crippen LogP contribution >= 0.6 is 0 Å². The van der Waals surface area contributed by atoms with Gasteiger partial charge in [-0.25, -0.2) is 9.78 Å². The van der Waals surface area contributed by atoms with Gasteiger partial charge in [-0.05, 0) is 18.8 Å². The highest BCUT2D eigenvalue weighted by Gasteiger charge is 2.55. The molecule has 0 bridgehead atoms. The van der Waals surface area contributed by atoms with E-state index in [2.05, 4.69) is 10.3 Å². The lowest BCUT2D eigenvalue weighted by Gasteiger charge is -2.23. The van der Waals surface area contributed by atoms with Crippen LogP contribution in [0.15, 0.2) is 12.4 Å².